The molecular formula is C14H22ClN3O3. The maximum Gasteiger partial charge on any atom is 0.243 e. The standard InChI is InChI=1S/C14H21N3O3.ClH/c1-9(2)13(15)14(19)16-8-12(18)17-10-4-6-11(20-3)7-5-10;/h4-7,9,13H,8,15H2,1-3H3,(H,16,19)(H,17,18);1H/t13-;/m0./s1. The fraction of sp³-hybridized carbons (Fsp3) is 0.429. The molecule has 0 aromatic heterocycles. The van der Waals surface area contributed by atoms with Gasteiger partial charge in [-0.1, -0.05) is 13.8 Å². The predicted octanol–water partition coefficient (Wildman–Crippen LogP) is 1.16. The van der Waals surface area contributed by atoms with E-state index in [1.807, 2.05) is 13.8 Å². The first kappa shape index (κ1) is 19.2. The highest BCUT2D eigenvalue weighted by Gasteiger charge is 2.17. The average molecular weight is 316 g/mol. The lowest BCUT2D eigenvalue weighted by atomic mass is 10.1. The molecule has 0 fully saturated rings. The second kappa shape index (κ2) is 9.20. The van der Waals surface area contributed by atoms with Gasteiger partial charge < -0.3 is 21.1 Å². The molecule has 2 amide bonds. The van der Waals surface area contributed by atoms with E-state index in [9.17, 15) is 9.59 Å². The Bertz CT molecular complexity index is 463. The Hall–Kier alpha value is -1.79. The summed E-state index contributed by atoms with van der Waals surface area (Å²) in [6, 6.07) is 6.31. The third kappa shape index (κ3) is 6.46. The molecule has 7 heteroatoms. The molecule has 1 aromatic carbocycles. The van der Waals surface area contributed by atoms with Crippen molar-refractivity contribution in [1.82, 2.24) is 5.32 Å². The molecule has 0 spiro atoms. The van der Waals surface area contributed by atoms with E-state index in [-0.39, 0.29) is 36.7 Å². The monoisotopic (exact) mass is 315 g/mol. The fourth-order valence-corrected chi connectivity index (χ4v) is 1.47. The van der Waals surface area contributed by atoms with Crippen LogP contribution in [-0.2, 0) is 9.59 Å². The van der Waals surface area contributed by atoms with Crippen molar-refractivity contribution in [1.29, 1.82) is 0 Å². The van der Waals surface area contributed by atoms with E-state index < -0.39 is 6.04 Å². The van der Waals surface area contributed by atoms with E-state index in [4.69, 9.17) is 10.5 Å². The van der Waals surface area contributed by atoms with Crippen molar-refractivity contribution in [3.63, 3.8) is 0 Å². The Labute approximate surface area is 130 Å². The summed E-state index contributed by atoms with van der Waals surface area (Å²) in [6.07, 6.45) is 0. The maximum absolute atomic E-state index is 11.7. The number of hydrogen-bond donors (Lipinski definition) is 3. The number of halogens is 1. The predicted molar refractivity (Wildman–Crippen MR) is 84.7 cm³/mol. The van der Waals surface area contributed by atoms with E-state index >= 15 is 0 Å². The summed E-state index contributed by atoms with van der Waals surface area (Å²) >= 11 is 0. The van der Waals surface area contributed by atoms with Crippen LogP contribution in [0, 0.1) is 5.92 Å². The van der Waals surface area contributed by atoms with Gasteiger partial charge in [-0.05, 0) is 30.2 Å². The zero-order valence-electron chi connectivity index (χ0n) is 12.4. The van der Waals surface area contributed by atoms with Crippen LogP contribution in [-0.4, -0.2) is 31.5 Å². The quantitative estimate of drug-likeness (QED) is 0.734. The minimum atomic E-state index is -0.608. The molecule has 0 saturated carbocycles. The van der Waals surface area contributed by atoms with Gasteiger partial charge in [0.1, 0.15) is 5.75 Å². The van der Waals surface area contributed by atoms with Gasteiger partial charge in [0, 0.05) is 5.69 Å². The Morgan fingerprint density at radius 3 is 2.29 bits per heavy atom. The van der Waals surface area contributed by atoms with Crippen LogP contribution in [0.25, 0.3) is 0 Å². The number of anilines is 1. The van der Waals surface area contributed by atoms with Gasteiger partial charge >= 0.3 is 0 Å². The SMILES string of the molecule is COc1ccc(NC(=O)CNC(=O)[C@@H](N)C(C)C)cc1.Cl. The lowest BCUT2D eigenvalue weighted by Gasteiger charge is -2.15. The zero-order chi connectivity index (χ0) is 15.1. The van der Waals surface area contributed by atoms with Gasteiger partial charge in [0.25, 0.3) is 0 Å². The number of carbonyl (C=O) groups is 2. The summed E-state index contributed by atoms with van der Waals surface area (Å²) in [5.74, 6) is 0.100. The van der Waals surface area contributed by atoms with E-state index in [0.29, 0.717) is 11.4 Å². The number of benzene rings is 1. The van der Waals surface area contributed by atoms with Crippen molar-refractivity contribution < 1.29 is 14.3 Å². The van der Waals surface area contributed by atoms with Gasteiger partial charge in [0.2, 0.25) is 11.8 Å². The molecule has 0 saturated heterocycles. The van der Waals surface area contributed by atoms with Gasteiger partial charge in [-0.25, -0.2) is 0 Å². The van der Waals surface area contributed by atoms with Crippen LogP contribution in [0.1, 0.15) is 13.8 Å². The lowest BCUT2D eigenvalue weighted by Crippen LogP contribution is -2.46. The van der Waals surface area contributed by atoms with Crippen LogP contribution in [0.5, 0.6) is 5.75 Å². The highest BCUT2D eigenvalue weighted by Crippen LogP contribution is 2.14. The summed E-state index contributed by atoms with van der Waals surface area (Å²) in [6.45, 7) is 3.59. The van der Waals surface area contributed by atoms with Crippen LogP contribution in [0.15, 0.2) is 24.3 Å². The highest BCUT2D eigenvalue weighted by molar-refractivity contribution is 5.95. The van der Waals surface area contributed by atoms with Crippen LogP contribution in [0.4, 0.5) is 5.69 Å². The zero-order valence-corrected chi connectivity index (χ0v) is 13.2. The second-order valence-corrected chi connectivity index (χ2v) is 4.76. The molecule has 4 N–H and O–H groups in total. The normalized spacial score (nSPS) is 11.3. The van der Waals surface area contributed by atoms with Crippen molar-refractivity contribution >= 4 is 29.9 Å². The molecule has 0 aliphatic rings. The number of ether oxygens (including phenoxy) is 1. The largest absolute Gasteiger partial charge is 0.497 e. The molecule has 21 heavy (non-hydrogen) atoms. The fourth-order valence-electron chi connectivity index (χ4n) is 1.47. The van der Waals surface area contributed by atoms with E-state index in [0.717, 1.165) is 0 Å². The second-order valence-electron chi connectivity index (χ2n) is 4.76. The lowest BCUT2D eigenvalue weighted by molar-refractivity contribution is -0.125. The molecule has 0 heterocycles. The van der Waals surface area contributed by atoms with Crippen molar-refractivity contribution in [2.75, 3.05) is 19.0 Å². The van der Waals surface area contributed by atoms with Gasteiger partial charge in [0.05, 0.1) is 19.7 Å². The van der Waals surface area contributed by atoms with Crippen molar-refractivity contribution in [2.45, 2.75) is 19.9 Å². The third-order valence-electron chi connectivity index (χ3n) is 2.82. The Morgan fingerprint density at radius 1 is 1.24 bits per heavy atom. The number of nitrogens with two attached hydrogens (primary N) is 1. The summed E-state index contributed by atoms with van der Waals surface area (Å²) < 4.78 is 5.02. The molecule has 6 nitrogen and oxygen atoms in total. The Morgan fingerprint density at radius 2 is 1.81 bits per heavy atom. The Kier molecular flexibility index (Phi) is 8.42. The number of methoxy groups -OCH3 is 1. The molecule has 1 atom stereocenters. The van der Waals surface area contributed by atoms with Gasteiger partial charge in [0.15, 0.2) is 0 Å². The van der Waals surface area contributed by atoms with Gasteiger partial charge in [-0.2, -0.15) is 0 Å². The molecule has 0 bridgehead atoms. The number of rotatable bonds is 6. The van der Waals surface area contributed by atoms with Crippen molar-refractivity contribution in [3.05, 3.63) is 24.3 Å². The molecule has 118 valence electrons. The van der Waals surface area contributed by atoms with Crippen LogP contribution in [0.3, 0.4) is 0 Å². The number of amides is 2. The van der Waals surface area contributed by atoms with Crippen LogP contribution >= 0.6 is 12.4 Å². The minimum Gasteiger partial charge on any atom is -0.497 e. The first-order chi connectivity index (χ1) is 9.43. The van der Waals surface area contributed by atoms with Crippen molar-refractivity contribution in [3.8, 4) is 5.75 Å². The molecular weight excluding hydrogens is 294 g/mol. The average Bonchev–Trinajstić information content (AvgIpc) is 2.44. The third-order valence-corrected chi connectivity index (χ3v) is 2.82. The highest BCUT2D eigenvalue weighted by atomic mass is 35.5. The molecule has 1 aromatic rings. The minimum absolute atomic E-state index is 0. The molecule has 0 aliphatic heterocycles. The van der Waals surface area contributed by atoms with Crippen LogP contribution < -0.4 is 21.1 Å². The molecule has 0 aliphatic carbocycles. The van der Waals surface area contributed by atoms with Gasteiger partial charge in [-0.3, -0.25) is 9.59 Å². The van der Waals surface area contributed by atoms with Crippen LogP contribution in [0.2, 0.25) is 0 Å². The van der Waals surface area contributed by atoms with Gasteiger partial charge in [-0.15, -0.1) is 12.4 Å². The first-order valence-electron chi connectivity index (χ1n) is 6.41. The summed E-state index contributed by atoms with van der Waals surface area (Å²) in [5.41, 5.74) is 6.31. The topological polar surface area (TPSA) is 93.5 Å². The van der Waals surface area contributed by atoms with E-state index in [2.05, 4.69) is 10.6 Å². The van der Waals surface area contributed by atoms with Crippen molar-refractivity contribution in [2.24, 2.45) is 11.7 Å². The van der Waals surface area contributed by atoms with E-state index in [1.165, 1.54) is 0 Å². The Balaban J connectivity index is 0.00000400. The molecule has 1 rings (SSSR count). The molecule has 0 radical (unpaired) electrons. The summed E-state index contributed by atoms with van der Waals surface area (Å²) in [4.78, 5) is 23.3. The first-order valence-corrected chi connectivity index (χ1v) is 6.41. The summed E-state index contributed by atoms with van der Waals surface area (Å²) in [5, 5.41) is 5.17. The molecule has 0 unspecified atom stereocenters. The number of hydrogen-bond acceptors (Lipinski definition) is 4. The summed E-state index contributed by atoms with van der Waals surface area (Å²) in [7, 11) is 1.57. The smallest absolute Gasteiger partial charge is 0.243 e. The number of carbonyl (C=O) groups excluding carboxylic acids is 2. The maximum atomic E-state index is 11.7. The number of nitrogens with one attached hydrogen (secondary N) is 2. The van der Waals surface area contributed by atoms with E-state index in [1.54, 1.807) is 31.4 Å².